The first-order valence-corrected chi connectivity index (χ1v) is 5.95. The molecule has 1 aromatic rings. The summed E-state index contributed by atoms with van der Waals surface area (Å²) in [5.41, 5.74) is 5.87. The Hall–Kier alpha value is -2.08. The average Bonchev–Trinajstić information content (AvgIpc) is 2.38. The van der Waals surface area contributed by atoms with E-state index in [2.05, 4.69) is 10.1 Å². The third kappa shape index (κ3) is 6.42. The van der Waals surface area contributed by atoms with Crippen LogP contribution in [0.3, 0.4) is 0 Å². The van der Waals surface area contributed by atoms with Crippen LogP contribution < -0.4 is 11.1 Å². The Kier molecular flexibility index (Phi) is 6.38. The molecule has 19 heavy (non-hydrogen) atoms. The summed E-state index contributed by atoms with van der Waals surface area (Å²) in [6, 6.07) is 9.72. The normalized spacial score (nSPS) is 11.6. The largest absolute Gasteiger partial charge is 0.437 e. The van der Waals surface area contributed by atoms with Crippen molar-refractivity contribution < 1.29 is 19.1 Å². The van der Waals surface area contributed by atoms with Gasteiger partial charge in [0.2, 0.25) is 0 Å². The highest BCUT2D eigenvalue weighted by molar-refractivity contribution is 5.82. The van der Waals surface area contributed by atoms with E-state index >= 15 is 0 Å². The van der Waals surface area contributed by atoms with Crippen molar-refractivity contribution in [3.05, 3.63) is 35.9 Å². The molecular formula is C13H18N2O4. The number of hydrogen-bond acceptors (Lipinski definition) is 4. The van der Waals surface area contributed by atoms with Crippen molar-refractivity contribution in [1.82, 2.24) is 5.32 Å². The van der Waals surface area contributed by atoms with Gasteiger partial charge in [0, 0.05) is 6.54 Å². The lowest BCUT2D eigenvalue weighted by molar-refractivity contribution is -0.128. The zero-order valence-electron chi connectivity index (χ0n) is 10.8. The zero-order chi connectivity index (χ0) is 14.1. The Labute approximate surface area is 111 Å². The van der Waals surface area contributed by atoms with Crippen LogP contribution in [0.15, 0.2) is 30.3 Å². The molecule has 2 amide bonds. The zero-order valence-corrected chi connectivity index (χ0v) is 10.8. The second kappa shape index (κ2) is 8.10. The van der Waals surface area contributed by atoms with Gasteiger partial charge in [0.1, 0.15) is 0 Å². The first-order chi connectivity index (χ1) is 9.09. The minimum absolute atomic E-state index is 0.345. The first-order valence-electron chi connectivity index (χ1n) is 5.95. The fraction of sp³-hybridized carbons (Fsp3) is 0.385. The number of hydrogen-bond donors (Lipinski definition) is 2. The Morgan fingerprint density at radius 2 is 2.00 bits per heavy atom. The van der Waals surface area contributed by atoms with Gasteiger partial charge in [-0.1, -0.05) is 30.3 Å². The Morgan fingerprint density at radius 1 is 1.32 bits per heavy atom. The fourth-order valence-corrected chi connectivity index (χ4v) is 1.38. The highest BCUT2D eigenvalue weighted by Crippen LogP contribution is 1.99. The SMILES string of the molecule is CC(OC(N)=O)C(=O)NCCOCc1ccccc1. The quantitative estimate of drug-likeness (QED) is 0.714. The first kappa shape index (κ1) is 15.0. The molecule has 6 nitrogen and oxygen atoms in total. The average molecular weight is 266 g/mol. The molecule has 0 aliphatic carbocycles. The van der Waals surface area contributed by atoms with E-state index in [9.17, 15) is 9.59 Å². The molecule has 0 fully saturated rings. The van der Waals surface area contributed by atoms with E-state index in [1.165, 1.54) is 6.92 Å². The van der Waals surface area contributed by atoms with Gasteiger partial charge in [-0.2, -0.15) is 0 Å². The van der Waals surface area contributed by atoms with Crippen molar-refractivity contribution >= 4 is 12.0 Å². The number of primary amides is 1. The molecule has 1 aromatic carbocycles. The van der Waals surface area contributed by atoms with Crippen LogP contribution in [-0.4, -0.2) is 31.3 Å². The lowest BCUT2D eigenvalue weighted by atomic mass is 10.2. The van der Waals surface area contributed by atoms with Crippen molar-refractivity contribution in [1.29, 1.82) is 0 Å². The maximum absolute atomic E-state index is 11.4. The number of carbonyl (C=O) groups excluding carboxylic acids is 2. The van der Waals surface area contributed by atoms with E-state index in [1.54, 1.807) is 0 Å². The number of rotatable bonds is 7. The van der Waals surface area contributed by atoms with Gasteiger partial charge in [-0.3, -0.25) is 4.79 Å². The molecule has 1 atom stereocenters. The van der Waals surface area contributed by atoms with E-state index in [1.807, 2.05) is 30.3 Å². The van der Waals surface area contributed by atoms with Crippen molar-refractivity contribution in [2.24, 2.45) is 5.73 Å². The Morgan fingerprint density at radius 3 is 2.63 bits per heavy atom. The smallest absolute Gasteiger partial charge is 0.405 e. The molecule has 104 valence electrons. The van der Waals surface area contributed by atoms with Crippen molar-refractivity contribution in [2.45, 2.75) is 19.6 Å². The second-order valence-corrected chi connectivity index (χ2v) is 3.91. The Balaban J connectivity index is 2.10. The number of benzene rings is 1. The lowest BCUT2D eigenvalue weighted by Gasteiger charge is -2.11. The summed E-state index contributed by atoms with van der Waals surface area (Å²) in [5.74, 6) is -0.401. The van der Waals surface area contributed by atoms with Gasteiger partial charge in [-0.05, 0) is 12.5 Å². The number of amides is 2. The third-order valence-electron chi connectivity index (χ3n) is 2.32. The number of nitrogens with one attached hydrogen (secondary N) is 1. The van der Waals surface area contributed by atoms with E-state index in [4.69, 9.17) is 10.5 Å². The lowest BCUT2D eigenvalue weighted by Crippen LogP contribution is -2.38. The van der Waals surface area contributed by atoms with Crippen LogP contribution in [0.4, 0.5) is 4.79 Å². The van der Waals surface area contributed by atoms with Gasteiger partial charge < -0.3 is 20.5 Å². The van der Waals surface area contributed by atoms with Gasteiger partial charge >= 0.3 is 6.09 Å². The van der Waals surface area contributed by atoms with Gasteiger partial charge in [0.15, 0.2) is 6.10 Å². The molecule has 0 heterocycles. The molecular weight excluding hydrogens is 248 g/mol. The molecule has 0 saturated carbocycles. The fourth-order valence-electron chi connectivity index (χ4n) is 1.38. The van der Waals surface area contributed by atoms with E-state index in [0.29, 0.717) is 19.8 Å². The predicted molar refractivity (Wildman–Crippen MR) is 69.2 cm³/mol. The van der Waals surface area contributed by atoms with Crippen LogP contribution in [0.2, 0.25) is 0 Å². The summed E-state index contributed by atoms with van der Waals surface area (Å²) in [7, 11) is 0. The topological polar surface area (TPSA) is 90.7 Å². The summed E-state index contributed by atoms with van der Waals surface area (Å²) < 4.78 is 9.91. The molecule has 0 spiro atoms. The van der Waals surface area contributed by atoms with Gasteiger partial charge in [0.25, 0.3) is 5.91 Å². The minimum Gasteiger partial charge on any atom is -0.437 e. The van der Waals surface area contributed by atoms with Gasteiger partial charge in [-0.25, -0.2) is 4.79 Å². The van der Waals surface area contributed by atoms with E-state index < -0.39 is 18.1 Å². The molecule has 3 N–H and O–H groups in total. The van der Waals surface area contributed by atoms with Crippen molar-refractivity contribution in [3.63, 3.8) is 0 Å². The van der Waals surface area contributed by atoms with E-state index in [-0.39, 0.29) is 0 Å². The molecule has 6 heteroatoms. The summed E-state index contributed by atoms with van der Waals surface area (Å²) in [4.78, 5) is 21.9. The minimum atomic E-state index is -0.969. The maximum atomic E-state index is 11.4. The highest BCUT2D eigenvalue weighted by atomic mass is 16.6. The molecule has 0 bridgehead atoms. The van der Waals surface area contributed by atoms with Gasteiger partial charge in [-0.15, -0.1) is 0 Å². The molecule has 0 aliphatic rings. The molecule has 1 rings (SSSR count). The standard InChI is InChI=1S/C13H18N2O4/c1-10(19-13(14)17)12(16)15-7-8-18-9-11-5-3-2-4-6-11/h2-6,10H,7-9H2,1H3,(H2,14,17)(H,15,16). The predicted octanol–water partition coefficient (Wildman–Crippen LogP) is 0.803. The van der Waals surface area contributed by atoms with Crippen LogP contribution in [0.25, 0.3) is 0 Å². The summed E-state index contributed by atoms with van der Waals surface area (Å²) in [5, 5.41) is 2.58. The maximum Gasteiger partial charge on any atom is 0.405 e. The van der Waals surface area contributed by atoms with E-state index in [0.717, 1.165) is 5.56 Å². The molecule has 1 unspecified atom stereocenters. The van der Waals surface area contributed by atoms with Gasteiger partial charge in [0.05, 0.1) is 13.2 Å². The summed E-state index contributed by atoms with van der Waals surface area (Å²) in [6.07, 6.45) is -1.87. The van der Waals surface area contributed by atoms with Crippen molar-refractivity contribution in [3.8, 4) is 0 Å². The summed E-state index contributed by atoms with van der Waals surface area (Å²) in [6.45, 7) is 2.66. The van der Waals surface area contributed by atoms with Crippen LogP contribution in [-0.2, 0) is 20.9 Å². The number of nitrogens with two attached hydrogens (primary N) is 1. The molecule has 0 aromatic heterocycles. The van der Waals surface area contributed by atoms with Crippen LogP contribution in [0.5, 0.6) is 0 Å². The monoisotopic (exact) mass is 266 g/mol. The van der Waals surface area contributed by atoms with Crippen LogP contribution >= 0.6 is 0 Å². The molecule has 0 radical (unpaired) electrons. The molecule has 0 saturated heterocycles. The number of ether oxygens (including phenoxy) is 2. The summed E-state index contributed by atoms with van der Waals surface area (Å²) >= 11 is 0. The Bertz CT molecular complexity index is 408. The third-order valence-corrected chi connectivity index (χ3v) is 2.32. The number of carbonyl (C=O) groups is 2. The van der Waals surface area contributed by atoms with Crippen LogP contribution in [0, 0.1) is 0 Å². The van der Waals surface area contributed by atoms with Crippen molar-refractivity contribution in [2.75, 3.05) is 13.2 Å². The molecule has 0 aliphatic heterocycles. The van der Waals surface area contributed by atoms with Crippen LogP contribution in [0.1, 0.15) is 12.5 Å². The highest BCUT2D eigenvalue weighted by Gasteiger charge is 2.14. The second-order valence-electron chi connectivity index (χ2n) is 3.91.